The summed E-state index contributed by atoms with van der Waals surface area (Å²) < 4.78 is 5.12. The van der Waals surface area contributed by atoms with E-state index in [4.69, 9.17) is 4.74 Å². The number of carbonyl (C=O) groups excluding carboxylic acids is 1. The van der Waals surface area contributed by atoms with Crippen LogP contribution < -0.4 is 10.1 Å². The van der Waals surface area contributed by atoms with Gasteiger partial charge in [-0.15, -0.1) is 0 Å². The highest BCUT2D eigenvalue weighted by Gasteiger charge is 2.22. The van der Waals surface area contributed by atoms with Crippen LogP contribution in [0.4, 0.5) is 5.69 Å². The van der Waals surface area contributed by atoms with Crippen LogP contribution >= 0.6 is 0 Å². The van der Waals surface area contributed by atoms with Gasteiger partial charge < -0.3 is 10.1 Å². The van der Waals surface area contributed by atoms with E-state index < -0.39 is 0 Å². The summed E-state index contributed by atoms with van der Waals surface area (Å²) in [5.74, 6) is 0.746. The Kier molecular flexibility index (Phi) is 2.80. The van der Waals surface area contributed by atoms with Gasteiger partial charge in [0.05, 0.1) is 7.11 Å². The maximum absolute atomic E-state index is 12.0. The highest BCUT2D eigenvalue weighted by atomic mass is 16.5. The minimum absolute atomic E-state index is 0.0583. The summed E-state index contributed by atoms with van der Waals surface area (Å²) in [6.45, 7) is 0. The van der Waals surface area contributed by atoms with E-state index in [0.717, 1.165) is 22.6 Å². The molecule has 2 aromatic carbocycles. The van der Waals surface area contributed by atoms with Crippen LogP contribution in [-0.4, -0.2) is 13.0 Å². The molecule has 3 heteroatoms. The Balaban J connectivity index is 2.01. The number of nitrogens with one attached hydrogen (secondary N) is 1. The summed E-state index contributed by atoms with van der Waals surface area (Å²) in [5.41, 5.74) is 3.49. The lowest BCUT2D eigenvalue weighted by Crippen LogP contribution is -2.03. The molecule has 0 spiro atoms. The minimum Gasteiger partial charge on any atom is -0.497 e. The lowest BCUT2D eigenvalue weighted by atomic mass is 10.0. The topological polar surface area (TPSA) is 38.3 Å². The molecule has 0 fully saturated rings. The molecule has 2 aromatic rings. The maximum atomic E-state index is 12.0. The fraction of sp³-hybridized carbons (Fsp3) is 0.0625. The van der Waals surface area contributed by atoms with Crippen molar-refractivity contribution < 1.29 is 9.53 Å². The lowest BCUT2D eigenvalue weighted by molar-refractivity contribution is -0.110. The third-order valence-electron chi connectivity index (χ3n) is 3.14. The van der Waals surface area contributed by atoms with Crippen molar-refractivity contribution in [3.63, 3.8) is 0 Å². The zero-order chi connectivity index (χ0) is 13.2. The Morgan fingerprint density at radius 2 is 1.79 bits per heavy atom. The molecule has 1 heterocycles. The first kappa shape index (κ1) is 11.5. The van der Waals surface area contributed by atoms with E-state index in [9.17, 15) is 4.79 Å². The summed E-state index contributed by atoms with van der Waals surface area (Å²) >= 11 is 0. The van der Waals surface area contributed by atoms with Gasteiger partial charge in [0.2, 0.25) is 0 Å². The highest BCUT2D eigenvalue weighted by molar-refractivity contribution is 6.34. The van der Waals surface area contributed by atoms with Crippen LogP contribution in [0.5, 0.6) is 5.75 Å². The predicted molar refractivity (Wildman–Crippen MR) is 75.9 cm³/mol. The second kappa shape index (κ2) is 4.61. The first-order valence-electron chi connectivity index (χ1n) is 6.04. The van der Waals surface area contributed by atoms with Gasteiger partial charge in [0.1, 0.15) is 5.75 Å². The standard InChI is InChI=1S/C16H13NO2/c1-19-12-8-6-11(7-9-12)10-14-13-4-2-3-5-15(13)17-16(14)18/h2-10H,1H3,(H,17,18)/b14-10-. The Morgan fingerprint density at radius 1 is 1.05 bits per heavy atom. The molecular formula is C16H13NO2. The molecule has 0 aromatic heterocycles. The van der Waals surface area contributed by atoms with Crippen molar-refractivity contribution in [2.45, 2.75) is 0 Å². The van der Waals surface area contributed by atoms with Crippen molar-refractivity contribution in [3.8, 4) is 5.75 Å². The molecule has 0 bridgehead atoms. The van der Waals surface area contributed by atoms with Gasteiger partial charge in [-0.25, -0.2) is 0 Å². The van der Waals surface area contributed by atoms with Gasteiger partial charge in [0.15, 0.2) is 0 Å². The molecule has 0 aliphatic carbocycles. The van der Waals surface area contributed by atoms with Crippen molar-refractivity contribution in [1.82, 2.24) is 0 Å². The van der Waals surface area contributed by atoms with Crippen LogP contribution in [0, 0.1) is 0 Å². The van der Waals surface area contributed by atoms with Crippen LogP contribution in [0.2, 0.25) is 0 Å². The molecule has 1 N–H and O–H groups in total. The molecule has 0 saturated carbocycles. The number of anilines is 1. The molecule has 1 aliphatic heterocycles. The maximum Gasteiger partial charge on any atom is 0.256 e. The largest absolute Gasteiger partial charge is 0.497 e. The zero-order valence-electron chi connectivity index (χ0n) is 10.5. The molecule has 0 saturated heterocycles. The number of hydrogen-bond acceptors (Lipinski definition) is 2. The number of carbonyl (C=O) groups is 1. The Bertz CT molecular complexity index is 657. The van der Waals surface area contributed by atoms with E-state index in [0.29, 0.717) is 5.57 Å². The van der Waals surface area contributed by atoms with Crippen molar-refractivity contribution in [2.75, 3.05) is 12.4 Å². The van der Waals surface area contributed by atoms with E-state index in [1.807, 2.05) is 54.6 Å². The highest BCUT2D eigenvalue weighted by Crippen LogP contribution is 2.32. The van der Waals surface area contributed by atoms with Gasteiger partial charge in [0, 0.05) is 16.8 Å². The van der Waals surface area contributed by atoms with Gasteiger partial charge >= 0.3 is 0 Å². The first-order chi connectivity index (χ1) is 9.28. The zero-order valence-corrected chi connectivity index (χ0v) is 10.5. The van der Waals surface area contributed by atoms with E-state index in [1.54, 1.807) is 7.11 Å². The minimum atomic E-state index is -0.0583. The first-order valence-corrected chi connectivity index (χ1v) is 6.04. The smallest absolute Gasteiger partial charge is 0.256 e. The summed E-state index contributed by atoms with van der Waals surface area (Å²) in [4.78, 5) is 12.0. The molecule has 0 unspecified atom stereocenters. The summed E-state index contributed by atoms with van der Waals surface area (Å²) in [6, 6.07) is 15.3. The van der Waals surface area contributed by atoms with E-state index in [1.165, 1.54) is 0 Å². The number of para-hydroxylation sites is 1. The van der Waals surface area contributed by atoms with Crippen LogP contribution in [0.1, 0.15) is 11.1 Å². The number of methoxy groups -OCH3 is 1. The normalized spacial score (nSPS) is 15.2. The Labute approximate surface area is 111 Å². The second-order valence-corrected chi connectivity index (χ2v) is 4.33. The van der Waals surface area contributed by atoms with Gasteiger partial charge in [-0.05, 0) is 29.8 Å². The molecular weight excluding hydrogens is 238 g/mol. The second-order valence-electron chi connectivity index (χ2n) is 4.33. The SMILES string of the molecule is COc1ccc(/C=C2\C(=O)Nc3ccccc32)cc1. The van der Waals surface area contributed by atoms with Gasteiger partial charge in [-0.2, -0.15) is 0 Å². The molecule has 1 amide bonds. The van der Waals surface area contributed by atoms with Crippen molar-refractivity contribution >= 4 is 23.2 Å². The Hall–Kier alpha value is -2.55. The van der Waals surface area contributed by atoms with Crippen molar-refractivity contribution in [3.05, 3.63) is 59.7 Å². The lowest BCUT2D eigenvalue weighted by Gasteiger charge is -2.01. The quantitative estimate of drug-likeness (QED) is 0.832. The number of fused-ring (bicyclic) bond motifs is 1. The fourth-order valence-electron chi connectivity index (χ4n) is 2.15. The number of hydrogen-bond donors (Lipinski definition) is 1. The number of benzene rings is 2. The van der Waals surface area contributed by atoms with Crippen molar-refractivity contribution in [1.29, 1.82) is 0 Å². The average Bonchev–Trinajstić information content (AvgIpc) is 2.76. The summed E-state index contributed by atoms with van der Waals surface area (Å²) in [5, 5.41) is 2.86. The number of rotatable bonds is 2. The monoisotopic (exact) mass is 251 g/mol. The van der Waals surface area contributed by atoms with Gasteiger partial charge in [0.25, 0.3) is 5.91 Å². The molecule has 1 aliphatic rings. The molecule has 3 rings (SSSR count). The summed E-state index contributed by atoms with van der Waals surface area (Å²) in [6.07, 6.45) is 1.89. The van der Waals surface area contributed by atoms with E-state index >= 15 is 0 Å². The van der Waals surface area contributed by atoms with Crippen LogP contribution in [0.3, 0.4) is 0 Å². The molecule has 19 heavy (non-hydrogen) atoms. The fourth-order valence-corrected chi connectivity index (χ4v) is 2.15. The van der Waals surface area contributed by atoms with Crippen LogP contribution in [0.15, 0.2) is 48.5 Å². The van der Waals surface area contributed by atoms with Gasteiger partial charge in [-0.3, -0.25) is 4.79 Å². The van der Waals surface area contributed by atoms with Gasteiger partial charge in [-0.1, -0.05) is 30.3 Å². The van der Waals surface area contributed by atoms with Crippen LogP contribution in [-0.2, 0) is 4.79 Å². The summed E-state index contributed by atoms with van der Waals surface area (Å²) in [7, 11) is 1.63. The number of ether oxygens (including phenoxy) is 1. The number of amides is 1. The van der Waals surface area contributed by atoms with Crippen molar-refractivity contribution in [2.24, 2.45) is 0 Å². The average molecular weight is 251 g/mol. The van der Waals surface area contributed by atoms with E-state index in [-0.39, 0.29) is 5.91 Å². The van der Waals surface area contributed by atoms with E-state index in [2.05, 4.69) is 5.32 Å². The molecule has 0 atom stereocenters. The third-order valence-corrected chi connectivity index (χ3v) is 3.14. The molecule has 3 nitrogen and oxygen atoms in total. The van der Waals surface area contributed by atoms with Crippen LogP contribution in [0.25, 0.3) is 11.6 Å². The molecule has 0 radical (unpaired) electrons. The Morgan fingerprint density at radius 3 is 2.53 bits per heavy atom. The predicted octanol–water partition coefficient (Wildman–Crippen LogP) is 3.19. The third kappa shape index (κ3) is 2.10. The molecule has 94 valence electrons.